The number of aliphatic imine (C=N–C) groups is 1. The summed E-state index contributed by atoms with van der Waals surface area (Å²) in [5.41, 5.74) is 4.10. The molecule has 4 aliphatic rings. The third-order valence-corrected chi connectivity index (χ3v) is 6.37. The fourth-order valence-corrected chi connectivity index (χ4v) is 4.75. The number of fused-ring (bicyclic) bond motifs is 2. The number of nitrogens with one attached hydrogen (secondary N) is 1. The van der Waals surface area contributed by atoms with Crippen LogP contribution in [0.3, 0.4) is 0 Å². The Morgan fingerprint density at radius 3 is 2.77 bits per heavy atom. The molecule has 1 saturated heterocycles. The highest BCUT2D eigenvalue weighted by Gasteiger charge is 2.36. The molecule has 2 aliphatic carbocycles. The average Bonchev–Trinajstić information content (AvgIpc) is 3.36. The summed E-state index contributed by atoms with van der Waals surface area (Å²) in [5, 5.41) is 3.54. The lowest BCUT2D eigenvalue weighted by molar-refractivity contribution is -0.123. The van der Waals surface area contributed by atoms with Crippen molar-refractivity contribution in [1.29, 1.82) is 0 Å². The van der Waals surface area contributed by atoms with Crippen LogP contribution < -0.4 is 10.2 Å². The summed E-state index contributed by atoms with van der Waals surface area (Å²) in [6.45, 7) is 0.298. The van der Waals surface area contributed by atoms with Crippen LogP contribution in [-0.2, 0) is 14.4 Å². The van der Waals surface area contributed by atoms with Crippen LogP contribution in [0.15, 0.2) is 64.3 Å². The molecule has 2 unspecified atom stereocenters. The molecule has 1 aromatic carbocycles. The van der Waals surface area contributed by atoms with Crippen molar-refractivity contribution in [3.8, 4) is 0 Å². The van der Waals surface area contributed by atoms with Crippen LogP contribution in [0.2, 0.25) is 5.02 Å². The molecule has 1 aromatic rings. The van der Waals surface area contributed by atoms with E-state index in [9.17, 15) is 14.4 Å². The van der Waals surface area contributed by atoms with Gasteiger partial charge in [0.25, 0.3) is 11.8 Å². The second-order valence-electron chi connectivity index (χ2n) is 8.00. The van der Waals surface area contributed by atoms with E-state index in [1.165, 1.54) is 5.57 Å². The zero-order valence-corrected chi connectivity index (χ0v) is 17.0. The quantitative estimate of drug-likeness (QED) is 0.795. The van der Waals surface area contributed by atoms with Gasteiger partial charge in [0.1, 0.15) is 0 Å². The van der Waals surface area contributed by atoms with Gasteiger partial charge in [0.15, 0.2) is 0 Å². The van der Waals surface area contributed by atoms with Gasteiger partial charge in [-0.1, -0.05) is 17.7 Å². The Bertz CT molecular complexity index is 1080. The van der Waals surface area contributed by atoms with Crippen molar-refractivity contribution in [3.63, 3.8) is 0 Å². The predicted molar refractivity (Wildman–Crippen MR) is 114 cm³/mol. The number of amides is 3. The first-order valence-electron chi connectivity index (χ1n) is 10.1. The standard InChI is InChI=1S/C23H20ClN3O3/c24-14-4-7-16(8-5-14)27-12-13(10-21(27)28)22(29)25-15-6-9-18-17-2-1-3-19(17)23(30)26-20(18)11-15/h4-9,11,13,18H,1-3,10,12H2,(H,26,30). The Hall–Kier alpha value is -2.99. The van der Waals surface area contributed by atoms with E-state index in [1.807, 2.05) is 12.2 Å². The summed E-state index contributed by atoms with van der Waals surface area (Å²) in [7, 11) is 0. The number of anilines is 1. The highest BCUT2D eigenvalue weighted by molar-refractivity contribution is 6.30. The number of hydrogen-bond donors (Lipinski definition) is 1. The number of nitrogens with zero attached hydrogens (tertiary/aromatic N) is 2. The van der Waals surface area contributed by atoms with Gasteiger partial charge in [-0.3, -0.25) is 14.4 Å². The lowest BCUT2D eigenvalue weighted by Gasteiger charge is -2.28. The van der Waals surface area contributed by atoms with Crippen molar-refractivity contribution in [3.05, 3.63) is 64.4 Å². The van der Waals surface area contributed by atoms with Gasteiger partial charge < -0.3 is 10.2 Å². The maximum absolute atomic E-state index is 12.7. The zero-order valence-electron chi connectivity index (χ0n) is 16.2. The van der Waals surface area contributed by atoms with E-state index in [0.29, 0.717) is 17.3 Å². The van der Waals surface area contributed by atoms with Crippen LogP contribution >= 0.6 is 11.6 Å². The minimum absolute atomic E-state index is 0.0361. The maximum Gasteiger partial charge on any atom is 0.251 e. The monoisotopic (exact) mass is 421 g/mol. The topological polar surface area (TPSA) is 78.8 Å². The smallest absolute Gasteiger partial charge is 0.251 e. The van der Waals surface area contributed by atoms with Gasteiger partial charge in [-0.2, -0.15) is 0 Å². The summed E-state index contributed by atoms with van der Waals surface area (Å²) in [5.74, 6) is -0.879. The first-order chi connectivity index (χ1) is 14.5. The number of carbonyl (C=O) groups excluding carboxylic acids is 3. The molecule has 152 valence electrons. The van der Waals surface area contributed by atoms with E-state index in [0.717, 1.165) is 36.2 Å². The molecule has 0 saturated carbocycles. The van der Waals surface area contributed by atoms with Crippen molar-refractivity contribution in [1.82, 2.24) is 5.32 Å². The lowest BCUT2D eigenvalue weighted by atomic mass is 9.85. The molecule has 0 radical (unpaired) electrons. The van der Waals surface area contributed by atoms with Crippen molar-refractivity contribution in [2.24, 2.45) is 16.8 Å². The van der Waals surface area contributed by atoms with Crippen LogP contribution in [0.25, 0.3) is 0 Å². The molecule has 2 atom stereocenters. The molecular formula is C23H20ClN3O3. The highest BCUT2D eigenvalue weighted by atomic mass is 35.5. The Morgan fingerprint density at radius 1 is 1.17 bits per heavy atom. The van der Waals surface area contributed by atoms with Gasteiger partial charge in [-0.05, 0) is 61.3 Å². The van der Waals surface area contributed by atoms with Gasteiger partial charge in [0.2, 0.25) is 5.91 Å². The van der Waals surface area contributed by atoms with Crippen LogP contribution in [-0.4, -0.2) is 30.0 Å². The summed E-state index contributed by atoms with van der Waals surface area (Å²) in [4.78, 5) is 43.3. The van der Waals surface area contributed by atoms with E-state index in [2.05, 4.69) is 10.3 Å². The Labute approximate surface area is 179 Å². The van der Waals surface area contributed by atoms with E-state index in [-0.39, 0.29) is 30.1 Å². The van der Waals surface area contributed by atoms with E-state index >= 15 is 0 Å². The summed E-state index contributed by atoms with van der Waals surface area (Å²) in [6.07, 6.45) is 8.52. The molecule has 2 heterocycles. The number of allylic oxidation sites excluding steroid dienone is 3. The largest absolute Gasteiger partial charge is 0.325 e. The number of hydrogen-bond acceptors (Lipinski definition) is 3. The fourth-order valence-electron chi connectivity index (χ4n) is 4.62. The summed E-state index contributed by atoms with van der Waals surface area (Å²) in [6, 6.07) is 6.98. The van der Waals surface area contributed by atoms with Crippen LogP contribution in [0.5, 0.6) is 0 Å². The van der Waals surface area contributed by atoms with Crippen molar-refractivity contribution >= 4 is 40.7 Å². The molecule has 5 rings (SSSR count). The second-order valence-corrected chi connectivity index (χ2v) is 8.44. The van der Waals surface area contributed by atoms with Gasteiger partial charge in [-0.15, -0.1) is 0 Å². The van der Waals surface area contributed by atoms with Crippen molar-refractivity contribution in [2.75, 3.05) is 11.4 Å². The molecule has 0 spiro atoms. The molecule has 7 heteroatoms. The van der Waals surface area contributed by atoms with Crippen LogP contribution in [0, 0.1) is 11.8 Å². The summed E-state index contributed by atoms with van der Waals surface area (Å²) < 4.78 is 0. The minimum atomic E-state index is -0.490. The van der Waals surface area contributed by atoms with E-state index < -0.39 is 5.92 Å². The second kappa shape index (κ2) is 7.36. The van der Waals surface area contributed by atoms with Crippen LogP contribution in [0.4, 0.5) is 5.69 Å². The zero-order chi connectivity index (χ0) is 20.8. The third kappa shape index (κ3) is 3.31. The first kappa shape index (κ1) is 19.0. The van der Waals surface area contributed by atoms with Crippen LogP contribution in [0.1, 0.15) is 25.7 Å². The molecule has 30 heavy (non-hydrogen) atoms. The lowest BCUT2D eigenvalue weighted by Crippen LogP contribution is -2.35. The SMILES string of the molecule is O=C1NC2=CC(=NC(=O)C3CC(=O)N(c4ccc(Cl)cc4)C3)C=CC2C2=C1CCC2. The van der Waals surface area contributed by atoms with E-state index in [4.69, 9.17) is 11.6 Å². The molecule has 0 bridgehead atoms. The Kier molecular flexibility index (Phi) is 4.66. The van der Waals surface area contributed by atoms with Gasteiger partial charge in [0, 0.05) is 40.9 Å². The van der Waals surface area contributed by atoms with Gasteiger partial charge in [0.05, 0.1) is 11.6 Å². The minimum Gasteiger partial charge on any atom is -0.325 e. The van der Waals surface area contributed by atoms with Crippen molar-refractivity contribution < 1.29 is 14.4 Å². The molecule has 0 aromatic heterocycles. The van der Waals surface area contributed by atoms with Gasteiger partial charge >= 0.3 is 0 Å². The third-order valence-electron chi connectivity index (χ3n) is 6.12. The number of carbonyl (C=O) groups is 3. The molecular weight excluding hydrogens is 402 g/mol. The molecule has 2 aliphatic heterocycles. The number of halogens is 1. The number of rotatable bonds is 2. The molecule has 6 nitrogen and oxygen atoms in total. The number of benzene rings is 1. The first-order valence-corrected chi connectivity index (χ1v) is 10.5. The highest BCUT2D eigenvalue weighted by Crippen LogP contribution is 2.39. The summed E-state index contributed by atoms with van der Waals surface area (Å²) >= 11 is 5.91. The Balaban J connectivity index is 1.32. The normalized spacial score (nSPS) is 26.6. The van der Waals surface area contributed by atoms with Crippen molar-refractivity contribution in [2.45, 2.75) is 25.7 Å². The molecule has 1 fully saturated rings. The molecule has 1 N–H and O–H groups in total. The van der Waals surface area contributed by atoms with Gasteiger partial charge in [-0.25, -0.2) is 4.99 Å². The maximum atomic E-state index is 12.7. The fraction of sp³-hybridized carbons (Fsp3) is 0.304. The Morgan fingerprint density at radius 2 is 1.97 bits per heavy atom. The van der Waals surface area contributed by atoms with E-state index in [1.54, 1.807) is 35.2 Å². The average molecular weight is 422 g/mol. The molecule has 3 amide bonds. The predicted octanol–water partition coefficient (Wildman–Crippen LogP) is 3.34.